The zero-order valence-electron chi connectivity index (χ0n) is 18.4. The number of ether oxygens (including phenoxy) is 1. The fraction of sp³-hybridized carbons (Fsp3) is 0.565. The number of oxazole rings is 1. The van der Waals surface area contributed by atoms with Gasteiger partial charge >= 0.3 is 5.97 Å². The Morgan fingerprint density at radius 2 is 2.00 bits per heavy atom. The number of nitrogens with zero attached hydrogens (tertiary/aromatic N) is 3. The number of anilines is 1. The van der Waals surface area contributed by atoms with E-state index in [0.29, 0.717) is 56.3 Å². The van der Waals surface area contributed by atoms with Gasteiger partial charge in [-0.2, -0.15) is 10.2 Å². The molecule has 2 aromatic heterocycles. The second-order valence-corrected chi connectivity index (χ2v) is 8.77. The summed E-state index contributed by atoms with van der Waals surface area (Å²) in [5.74, 6) is 0.954. The van der Waals surface area contributed by atoms with E-state index in [1.54, 1.807) is 12.1 Å². The molecule has 0 radical (unpaired) electrons. The van der Waals surface area contributed by atoms with Gasteiger partial charge in [0, 0.05) is 19.0 Å². The molecule has 0 spiro atoms. The largest absolute Gasteiger partial charge is 0.467 e. The number of piperidine rings is 1. The number of aromatic nitrogens is 1. The molecule has 1 amide bonds. The fourth-order valence-electron chi connectivity index (χ4n) is 4.62. The lowest BCUT2D eigenvalue weighted by Gasteiger charge is -2.39. The van der Waals surface area contributed by atoms with Gasteiger partial charge in [0.05, 0.1) is 13.4 Å². The number of rotatable bonds is 5. The number of carbonyl (C=O) groups is 2. The van der Waals surface area contributed by atoms with Crippen molar-refractivity contribution in [2.45, 2.75) is 51.0 Å². The Balaban J connectivity index is 1.41. The second kappa shape index (κ2) is 9.07. The van der Waals surface area contributed by atoms with Crippen LogP contribution in [0.2, 0.25) is 0 Å². The molecule has 9 nitrogen and oxygen atoms in total. The zero-order valence-corrected chi connectivity index (χ0v) is 18.4. The maximum Gasteiger partial charge on any atom is 0.331 e. The second-order valence-electron chi connectivity index (χ2n) is 8.77. The zero-order chi connectivity index (χ0) is 22.7. The SMILES string of the molecule is COC(=O)C1(NC(=O)C2CCN(c3oc(-c4ccco4)nc3C#N)CC2)CCC(C)CC1. The van der Waals surface area contributed by atoms with Gasteiger partial charge in [-0.15, -0.1) is 0 Å². The van der Waals surface area contributed by atoms with Gasteiger partial charge < -0.3 is 23.8 Å². The predicted octanol–water partition coefficient (Wildman–Crippen LogP) is 3.26. The molecule has 0 unspecified atom stereocenters. The van der Waals surface area contributed by atoms with Crippen LogP contribution in [0.3, 0.4) is 0 Å². The summed E-state index contributed by atoms with van der Waals surface area (Å²) in [6.45, 7) is 3.25. The number of hydrogen-bond donors (Lipinski definition) is 1. The van der Waals surface area contributed by atoms with Gasteiger partial charge in [0.1, 0.15) is 11.6 Å². The smallest absolute Gasteiger partial charge is 0.331 e. The highest BCUT2D eigenvalue weighted by molar-refractivity contribution is 5.89. The quantitative estimate of drug-likeness (QED) is 0.703. The Morgan fingerprint density at radius 3 is 2.59 bits per heavy atom. The minimum Gasteiger partial charge on any atom is -0.467 e. The van der Waals surface area contributed by atoms with Crippen molar-refractivity contribution in [1.82, 2.24) is 10.3 Å². The number of nitrogens with one attached hydrogen (secondary N) is 1. The molecule has 32 heavy (non-hydrogen) atoms. The molecule has 1 saturated heterocycles. The lowest BCUT2D eigenvalue weighted by molar-refractivity contribution is -0.153. The molecule has 0 aromatic carbocycles. The summed E-state index contributed by atoms with van der Waals surface area (Å²) in [5, 5.41) is 12.5. The van der Waals surface area contributed by atoms with E-state index >= 15 is 0 Å². The van der Waals surface area contributed by atoms with Crippen LogP contribution in [0, 0.1) is 23.2 Å². The summed E-state index contributed by atoms with van der Waals surface area (Å²) in [6, 6.07) is 5.52. The number of furan rings is 1. The summed E-state index contributed by atoms with van der Waals surface area (Å²) < 4.78 is 16.2. The normalized spacial score (nSPS) is 24.0. The van der Waals surface area contributed by atoms with Gasteiger partial charge in [0.15, 0.2) is 5.76 Å². The van der Waals surface area contributed by atoms with Crippen LogP contribution >= 0.6 is 0 Å². The van der Waals surface area contributed by atoms with Crippen molar-refractivity contribution in [3.63, 3.8) is 0 Å². The third-order valence-electron chi connectivity index (χ3n) is 6.67. The van der Waals surface area contributed by atoms with Crippen molar-refractivity contribution in [1.29, 1.82) is 5.26 Å². The van der Waals surface area contributed by atoms with E-state index in [1.165, 1.54) is 13.4 Å². The summed E-state index contributed by atoms with van der Waals surface area (Å²) in [5.41, 5.74) is -0.730. The van der Waals surface area contributed by atoms with Gasteiger partial charge in [-0.3, -0.25) is 4.79 Å². The molecule has 9 heteroatoms. The van der Waals surface area contributed by atoms with Gasteiger partial charge in [-0.1, -0.05) is 6.92 Å². The average Bonchev–Trinajstić information content (AvgIpc) is 3.50. The van der Waals surface area contributed by atoms with Gasteiger partial charge in [0.25, 0.3) is 5.89 Å². The summed E-state index contributed by atoms with van der Waals surface area (Å²) in [7, 11) is 1.37. The fourth-order valence-corrected chi connectivity index (χ4v) is 4.62. The highest BCUT2D eigenvalue weighted by Gasteiger charge is 2.44. The Morgan fingerprint density at radius 1 is 1.28 bits per heavy atom. The van der Waals surface area contributed by atoms with Crippen LogP contribution in [0.25, 0.3) is 11.7 Å². The number of carbonyl (C=O) groups excluding carboxylic acids is 2. The van der Waals surface area contributed by atoms with Gasteiger partial charge in [-0.25, -0.2) is 4.79 Å². The van der Waals surface area contributed by atoms with E-state index in [0.717, 1.165) is 12.8 Å². The van der Waals surface area contributed by atoms with E-state index in [1.807, 2.05) is 4.90 Å². The topological polar surface area (TPSA) is 122 Å². The molecular weight excluding hydrogens is 412 g/mol. The van der Waals surface area contributed by atoms with Crippen LogP contribution in [-0.4, -0.2) is 42.6 Å². The summed E-state index contributed by atoms with van der Waals surface area (Å²) in [4.78, 5) is 31.7. The molecule has 1 aliphatic heterocycles. The van der Waals surface area contributed by atoms with Gasteiger partial charge in [0.2, 0.25) is 17.5 Å². The molecule has 170 valence electrons. The predicted molar refractivity (Wildman–Crippen MR) is 114 cm³/mol. The Kier molecular flexibility index (Phi) is 6.21. The maximum absolute atomic E-state index is 13.1. The van der Waals surface area contributed by atoms with Crippen molar-refractivity contribution in [3.8, 4) is 17.7 Å². The van der Waals surface area contributed by atoms with Crippen LogP contribution in [0.5, 0.6) is 0 Å². The van der Waals surface area contributed by atoms with E-state index in [9.17, 15) is 14.9 Å². The molecule has 4 rings (SSSR count). The lowest BCUT2D eigenvalue weighted by atomic mass is 9.76. The molecular formula is C23H28N4O5. The molecule has 2 aromatic rings. The number of amides is 1. The Hall–Kier alpha value is -3.28. The Bertz CT molecular complexity index is 990. The van der Waals surface area contributed by atoms with Crippen LogP contribution in [0.1, 0.15) is 51.1 Å². The van der Waals surface area contributed by atoms with E-state index in [4.69, 9.17) is 13.6 Å². The van der Waals surface area contributed by atoms with Crippen molar-refractivity contribution in [3.05, 3.63) is 24.1 Å². The van der Waals surface area contributed by atoms with Crippen LogP contribution in [0.4, 0.5) is 5.88 Å². The third-order valence-corrected chi connectivity index (χ3v) is 6.67. The number of esters is 1. The first kappa shape index (κ1) is 21.9. The standard InChI is InChI=1S/C23H28N4O5/c1-15-5-9-23(10-6-15,22(29)30-2)26-19(28)16-7-11-27(12-8-16)21-17(14-24)25-20(32-21)18-4-3-13-31-18/h3-4,13,15-16H,5-12H2,1-2H3,(H,26,28). The molecule has 3 heterocycles. The molecule has 1 aliphatic carbocycles. The van der Waals surface area contributed by atoms with Crippen LogP contribution in [0.15, 0.2) is 27.2 Å². The third kappa shape index (κ3) is 4.22. The highest BCUT2D eigenvalue weighted by Crippen LogP contribution is 2.35. The molecule has 2 aliphatic rings. The van der Waals surface area contributed by atoms with E-state index < -0.39 is 5.54 Å². The number of methoxy groups -OCH3 is 1. The van der Waals surface area contributed by atoms with E-state index in [-0.39, 0.29) is 29.4 Å². The molecule has 1 N–H and O–H groups in total. The van der Waals surface area contributed by atoms with Crippen LogP contribution < -0.4 is 10.2 Å². The molecule has 2 fully saturated rings. The van der Waals surface area contributed by atoms with Crippen molar-refractivity contribution in [2.24, 2.45) is 11.8 Å². The first-order valence-corrected chi connectivity index (χ1v) is 11.1. The van der Waals surface area contributed by atoms with Crippen molar-refractivity contribution < 1.29 is 23.2 Å². The summed E-state index contributed by atoms with van der Waals surface area (Å²) in [6.07, 6.45) is 5.66. The molecule has 1 saturated carbocycles. The average molecular weight is 441 g/mol. The first-order valence-electron chi connectivity index (χ1n) is 11.1. The number of hydrogen-bond acceptors (Lipinski definition) is 8. The van der Waals surface area contributed by atoms with Crippen molar-refractivity contribution >= 4 is 17.8 Å². The lowest BCUT2D eigenvalue weighted by Crippen LogP contribution is -2.58. The van der Waals surface area contributed by atoms with E-state index in [2.05, 4.69) is 23.3 Å². The Labute approximate surface area is 186 Å². The maximum atomic E-state index is 13.1. The minimum atomic E-state index is -0.924. The summed E-state index contributed by atoms with van der Waals surface area (Å²) >= 11 is 0. The number of nitriles is 1. The molecule has 0 bridgehead atoms. The van der Waals surface area contributed by atoms with Crippen molar-refractivity contribution in [2.75, 3.05) is 25.1 Å². The molecule has 0 atom stereocenters. The van der Waals surface area contributed by atoms with Gasteiger partial charge in [-0.05, 0) is 56.6 Å². The highest BCUT2D eigenvalue weighted by atomic mass is 16.5. The monoisotopic (exact) mass is 440 g/mol. The minimum absolute atomic E-state index is 0.112. The van der Waals surface area contributed by atoms with Crippen LogP contribution in [-0.2, 0) is 14.3 Å². The first-order chi connectivity index (χ1) is 15.5.